The zero-order valence-corrected chi connectivity index (χ0v) is 22.2. The van der Waals surface area contributed by atoms with Gasteiger partial charge in [-0.05, 0) is 48.1 Å². The fraction of sp³-hybridized carbons (Fsp3) is 0.423. The Morgan fingerprint density at radius 1 is 1.00 bits per heavy atom. The molecule has 3 aromatic rings. The van der Waals surface area contributed by atoms with E-state index in [1.165, 1.54) is 11.4 Å². The van der Waals surface area contributed by atoms with Gasteiger partial charge in [-0.25, -0.2) is 4.98 Å². The summed E-state index contributed by atoms with van der Waals surface area (Å²) in [6.45, 7) is 8.56. The first-order chi connectivity index (χ1) is 17.1. The minimum absolute atomic E-state index is 0.143. The number of hydrogen-bond donors (Lipinski definition) is 2. The van der Waals surface area contributed by atoms with E-state index in [0.717, 1.165) is 22.0 Å². The lowest BCUT2D eigenvalue weighted by atomic mass is 10.1. The van der Waals surface area contributed by atoms with Crippen LogP contribution < -0.4 is 10.0 Å². The third-order valence-corrected chi connectivity index (χ3v) is 7.04. The molecule has 194 valence electrons. The molecule has 36 heavy (non-hydrogen) atoms. The lowest BCUT2D eigenvalue weighted by Crippen LogP contribution is -2.51. The maximum absolute atomic E-state index is 13.2. The highest BCUT2D eigenvalue weighted by Crippen LogP contribution is 2.24. The van der Waals surface area contributed by atoms with E-state index in [1.807, 2.05) is 64.1 Å². The first kappa shape index (κ1) is 27.5. The van der Waals surface area contributed by atoms with E-state index in [0.29, 0.717) is 18.9 Å². The van der Waals surface area contributed by atoms with Crippen molar-refractivity contribution in [3.05, 3.63) is 60.6 Å². The summed E-state index contributed by atoms with van der Waals surface area (Å²) >= 11 is 0. The lowest BCUT2D eigenvalue weighted by molar-refractivity contribution is -0.142. The zero-order valence-electron chi connectivity index (χ0n) is 21.4. The van der Waals surface area contributed by atoms with Crippen molar-refractivity contribution in [3.8, 4) is 0 Å². The summed E-state index contributed by atoms with van der Waals surface area (Å²) in [5.41, 5.74) is 1.60. The molecule has 0 bridgehead atoms. The number of rotatable bonds is 12. The van der Waals surface area contributed by atoms with Crippen molar-refractivity contribution in [2.75, 3.05) is 25.5 Å². The Labute approximate surface area is 213 Å². The van der Waals surface area contributed by atoms with E-state index < -0.39 is 22.2 Å². The molecule has 9 nitrogen and oxygen atoms in total. The summed E-state index contributed by atoms with van der Waals surface area (Å²) in [6, 6.07) is 10.2. The van der Waals surface area contributed by atoms with Gasteiger partial charge in [0.1, 0.15) is 11.9 Å². The molecule has 10 heteroatoms. The molecule has 1 aromatic carbocycles. The van der Waals surface area contributed by atoms with E-state index in [2.05, 4.69) is 20.0 Å². The summed E-state index contributed by atoms with van der Waals surface area (Å²) < 4.78 is 35.2. The fourth-order valence-corrected chi connectivity index (χ4v) is 5.54. The number of hydrogen-bond acceptors (Lipinski definition) is 7. The highest BCUT2D eigenvalue weighted by molar-refractivity contribution is 7.87. The molecule has 2 N–H and O–H groups in total. The molecule has 0 spiro atoms. The predicted octanol–water partition coefficient (Wildman–Crippen LogP) is 3.91. The normalized spacial score (nSPS) is 12.9. The van der Waals surface area contributed by atoms with Crippen LogP contribution in [-0.4, -0.2) is 54.9 Å². The molecule has 0 aliphatic heterocycles. The van der Waals surface area contributed by atoms with E-state index >= 15 is 0 Å². The molecule has 0 aliphatic carbocycles. The molecule has 0 fully saturated rings. The van der Waals surface area contributed by atoms with Crippen molar-refractivity contribution in [3.63, 3.8) is 0 Å². The van der Waals surface area contributed by atoms with Gasteiger partial charge in [0.25, 0.3) is 10.2 Å². The van der Waals surface area contributed by atoms with Gasteiger partial charge >= 0.3 is 5.97 Å². The van der Waals surface area contributed by atoms with E-state index in [4.69, 9.17) is 4.74 Å². The number of nitrogens with zero attached hydrogens (tertiary/aromatic N) is 3. The number of ether oxygens (including phenoxy) is 1. The number of aromatic nitrogens is 2. The number of anilines is 2. The predicted molar refractivity (Wildman–Crippen MR) is 142 cm³/mol. The monoisotopic (exact) mass is 513 g/mol. The Kier molecular flexibility index (Phi) is 9.36. The molecule has 0 radical (unpaired) electrons. The number of carbonyl (C=O) groups is 1. The van der Waals surface area contributed by atoms with Crippen LogP contribution in [0.1, 0.15) is 33.3 Å². The molecule has 1 atom stereocenters. The van der Waals surface area contributed by atoms with E-state index in [9.17, 15) is 13.2 Å². The highest BCUT2D eigenvalue weighted by atomic mass is 32.2. The first-order valence-corrected chi connectivity index (χ1v) is 13.4. The number of pyridine rings is 2. The first-order valence-electron chi connectivity index (χ1n) is 12.0. The average molecular weight is 514 g/mol. The molecular formula is C26H35N5O4S. The number of methoxy groups -OCH3 is 1. The Hall–Kier alpha value is -3.08. The maximum atomic E-state index is 13.2. The van der Waals surface area contributed by atoms with Crippen LogP contribution in [0.3, 0.4) is 0 Å². The van der Waals surface area contributed by atoms with Gasteiger partial charge in [-0.2, -0.15) is 17.4 Å². The van der Waals surface area contributed by atoms with Crippen LogP contribution in [-0.2, 0) is 26.2 Å². The van der Waals surface area contributed by atoms with Crippen LogP contribution >= 0.6 is 0 Å². The summed E-state index contributed by atoms with van der Waals surface area (Å²) in [5, 5.41) is 5.23. The SMILES string of the molecule is COC(=O)C(Cc1ccc(Nc2nccc3cnccc23)cc1)NS(=O)(=O)N(CC(C)C)CC(C)C. The number of benzene rings is 1. The van der Waals surface area contributed by atoms with Crippen molar-refractivity contribution < 1.29 is 17.9 Å². The van der Waals surface area contributed by atoms with Crippen LogP contribution in [0.5, 0.6) is 0 Å². The van der Waals surface area contributed by atoms with Crippen molar-refractivity contribution >= 4 is 38.5 Å². The van der Waals surface area contributed by atoms with Gasteiger partial charge in [0.05, 0.1) is 7.11 Å². The van der Waals surface area contributed by atoms with Gasteiger partial charge in [-0.15, -0.1) is 0 Å². The minimum atomic E-state index is -3.90. The summed E-state index contributed by atoms with van der Waals surface area (Å²) in [4.78, 5) is 21.1. The standard InChI is InChI=1S/C26H35N5O4S/c1-18(2)16-31(17-19(3)4)36(33,34)30-24(26(32)35-5)14-20-6-8-22(9-7-20)29-25-23-11-12-27-15-21(23)10-13-28-25/h6-13,15,18-19,24,30H,14,16-17H2,1-5H3,(H,28,29). The Bertz CT molecular complexity index is 1250. The second-order valence-electron chi connectivity index (χ2n) is 9.59. The molecule has 0 saturated heterocycles. The molecule has 1 unspecified atom stereocenters. The highest BCUT2D eigenvalue weighted by Gasteiger charge is 2.30. The fourth-order valence-electron chi connectivity index (χ4n) is 3.87. The lowest BCUT2D eigenvalue weighted by Gasteiger charge is -2.27. The second-order valence-corrected chi connectivity index (χ2v) is 11.3. The maximum Gasteiger partial charge on any atom is 0.324 e. The van der Waals surface area contributed by atoms with Gasteiger partial charge in [0.15, 0.2) is 0 Å². The van der Waals surface area contributed by atoms with Crippen molar-refractivity contribution in [1.82, 2.24) is 19.0 Å². The number of carbonyl (C=O) groups excluding carboxylic acids is 1. The van der Waals surface area contributed by atoms with Gasteiger partial charge in [0, 0.05) is 48.1 Å². The molecular weight excluding hydrogens is 478 g/mol. The average Bonchev–Trinajstić information content (AvgIpc) is 2.83. The van der Waals surface area contributed by atoms with Crippen LogP contribution in [0, 0.1) is 11.8 Å². The number of esters is 1. The van der Waals surface area contributed by atoms with Crippen molar-refractivity contribution in [2.45, 2.75) is 40.2 Å². The molecule has 0 aliphatic rings. The molecule has 0 amide bonds. The largest absolute Gasteiger partial charge is 0.468 e. The smallest absolute Gasteiger partial charge is 0.324 e. The quantitative estimate of drug-likeness (QED) is 0.353. The Balaban J connectivity index is 1.75. The zero-order chi connectivity index (χ0) is 26.3. The third-order valence-electron chi connectivity index (χ3n) is 5.48. The van der Waals surface area contributed by atoms with Crippen LogP contribution in [0.25, 0.3) is 10.8 Å². The van der Waals surface area contributed by atoms with Gasteiger partial charge < -0.3 is 10.1 Å². The summed E-state index contributed by atoms with van der Waals surface area (Å²) in [6.07, 6.45) is 5.37. The van der Waals surface area contributed by atoms with Crippen molar-refractivity contribution in [2.24, 2.45) is 11.8 Å². The van der Waals surface area contributed by atoms with Gasteiger partial charge in [-0.3, -0.25) is 9.78 Å². The summed E-state index contributed by atoms with van der Waals surface area (Å²) in [5.74, 6) is 0.357. The van der Waals surface area contributed by atoms with Crippen LogP contribution in [0.15, 0.2) is 55.0 Å². The molecule has 2 heterocycles. The Morgan fingerprint density at radius 3 is 2.28 bits per heavy atom. The van der Waals surface area contributed by atoms with E-state index in [-0.39, 0.29) is 18.3 Å². The minimum Gasteiger partial charge on any atom is -0.468 e. The molecule has 3 rings (SSSR count). The second kappa shape index (κ2) is 12.2. The van der Waals surface area contributed by atoms with Gasteiger partial charge in [-0.1, -0.05) is 39.8 Å². The third kappa shape index (κ3) is 7.46. The Morgan fingerprint density at radius 2 is 1.67 bits per heavy atom. The molecule has 2 aromatic heterocycles. The van der Waals surface area contributed by atoms with E-state index in [1.54, 1.807) is 18.6 Å². The van der Waals surface area contributed by atoms with Crippen LogP contribution in [0.2, 0.25) is 0 Å². The number of nitrogens with one attached hydrogen (secondary N) is 2. The van der Waals surface area contributed by atoms with Gasteiger partial charge in [0.2, 0.25) is 0 Å². The van der Waals surface area contributed by atoms with Crippen molar-refractivity contribution in [1.29, 1.82) is 0 Å². The molecule has 0 saturated carbocycles. The van der Waals surface area contributed by atoms with Crippen LogP contribution in [0.4, 0.5) is 11.5 Å². The summed E-state index contributed by atoms with van der Waals surface area (Å²) in [7, 11) is -2.65. The number of fused-ring (bicyclic) bond motifs is 1. The topological polar surface area (TPSA) is 114 Å².